The summed E-state index contributed by atoms with van der Waals surface area (Å²) in [6, 6.07) is 10.3. The van der Waals surface area contributed by atoms with Gasteiger partial charge in [-0.1, -0.05) is 6.07 Å². The number of hydrogen-bond acceptors (Lipinski definition) is 5. The summed E-state index contributed by atoms with van der Waals surface area (Å²) in [7, 11) is 3.77. The van der Waals surface area contributed by atoms with Crippen LogP contribution in [0.1, 0.15) is 27.6 Å². The summed E-state index contributed by atoms with van der Waals surface area (Å²) in [6.07, 6.45) is 1.53. The number of benzene rings is 1. The maximum atomic E-state index is 12.2. The van der Waals surface area contributed by atoms with E-state index < -0.39 is 11.8 Å². The van der Waals surface area contributed by atoms with Crippen LogP contribution in [-0.4, -0.2) is 37.5 Å². The van der Waals surface area contributed by atoms with Crippen molar-refractivity contribution in [1.82, 2.24) is 15.8 Å². The van der Waals surface area contributed by atoms with Crippen molar-refractivity contribution in [3.63, 3.8) is 0 Å². The fourth-order valence-electron chi connectivity index (χ4n) is 1.99. The van der Waals surface area contributed by atoms with Crippen LogP contribution in [0.3, 0.4) is 0 Å². The Morgan fingerprint density at radius 1 is 1.12 bits per heavy atom. The standard InChI is InChI=1S/C17H20N4O3/c1-4-24-17-14(9-6-10-18-17)16(23)20-19-15(22)12-7-5-8-13(11-12)21(2)3/h5-11H,4H2,1-3H3,(H,19,22)(H,20,23). The third kappa shape index (κ3) is 4.22. The Labute approximate surface area is 140 Å². The fourth-order valence-corrected chi connectivity index (χ4v) is 1.99. The average Bonchev–Trinajstić information content (AvgIpc) is 2.60. The van der Waals surface area contributed by atoms with E-state index in [-0.39, 0.29) is 11.4 Å². The van der Waals surface area contributed by atoms with Gasteiger partial charge in [0.05, 0.1) is 6.61 Å². The minimum atomic E-state index is -0.497. The van der Waals surface area contributed by atoms with Gasteiger partial charge in [-0.25, -0.2) is 4.98 Å². The first-order chi connectivity index (χ1) is 11.5. The summed E-state index contributed by atoms with van der Waals surface area (Å²) < 4.78 is 5.30. The number of nitrogens with one attached hydrogen (secondary N) is 2. The molecule has 0 bridgehead atoms. The largest absolute Gasteiger partial charge is 0.477 e. The zero-order valence-corrected chi connectivity index (χ0v) is 13.9. The molecule has 2 aromatic rings. The van der Waals surface area contributed by atoms with Gasteiger partial charge in [-0.3, -0.25) is 20.4 Å². The van der Waals surface area contributed by atoms with Crippen molar-refractivity contribution in [2.45, 2.75) is 6.92 Å². The molecular weight excluding hydrogens is 308 g/mol. The first kappa shape index (κ1) is 17.3. The number of aromatic nitrogens is 1. The van der Waals surface area contributed by atoms with E-state index in [9.17, 15) is 9.59 Å². The Morgan fingerprint density at radius 3 is 2.58 bits per heavy atom. The van der Waals surface area contributed by atoms with Gasteiger partial charge in [0.25, 0.3) is 11.8 Å². The van der Waals surface area contributed by atoms with Gasteiger partial charge < -0.3 is 9.64 Å². The topological polar surface area (TPSA) is 83.6 Å². The van der Waals surface area contributed by atoms with E-state index in [1.54, 1.807) is 37.3 Å². The van der Waals surface area contributed by atoms with Gasteiger partial charge >= 0.3 is 0 Å². The smallest absolute Gasteiger partial charge is 0.275 e. The molecule has 7 heteroatoms. The lowest BCUT2D eigenvalue weighted by atomic mass is 10.2. The van der Waals surface area contributed by atoms with Crippen molar-refractivity contribution < 1.29 is 14.3 Å². The summed E-state index contributed by atoms with van der Waals surface area (Å²) in [5.41, 5.74) is 6.35. The molecule has 0 aliphatic rings. The molecule has 7 nitrogen and oxygen atoms in total. The second-order valence-electron chi connectivity index (χ2n) is 5.14. The first-order valence-corrected chi connectivity index (χ1v) is 7.48. The lowest BCUT2D eigenvalue weighted by Gasteiger charge is -2.14. The van der Waals surface area contributed by atoms with Crippen LogP contribution >= 0.6 is 0 Å². The number of pyridine rings is 1. The van der Waals surface area contributed by atoms with Gasteiger partial charge in [0.15, 0.2) is 0 Å². The van der Waals surface area contributed by atoms with Crippen LogP contribution in [0, 0.1) is 0 Å². The maximum Gasteiger partial charge on any atom is 0.275 e. The van der Waals surface area contributed by atoms with Gasteiger partial charge in [0.1, 0.15) is 5.56 Å². The molecule has 1 aromatic carbocycles. The normalized spacial score (nSPS) is 9.96. The predicted molar refractivity (Wildman–Crippen MR) is 91.1 cm³/mol. The SMILES string of the molecule is CCOc1ncccc1C(=O)NNC(=O)c1cccc(N(C)C)c1. The van der Waals surface area contributed by atoms with Crippen LogP contribution in [0.4, 0.5) is 5.69 Å². The number of carbonyl (C=O) groups excluding carboxylic acids is 2. The number of amides is 2. The molecule has 0 fully saturated rings. The summed E-state index contributed by atoms with van der Waals surface area (Å²) in [5.74, 6) is -0.682. The van der Waals surface area contributed by atoms with Crippen molar-refractivity contribution in [2.24, 2.45) is 0 Å². The second-order valence-corrected chi connectivity index (χ2v) is 5.14. The van der Waals surface area contributed by atoms with Gasteiger partial charge in [-0.05, 0) is 37.3 Å². The van der Waals surface area contributed by atoms with Crippen LogP contribution in [-0.2, 0) is 0 Å². The number of carbonyl (C=O) groups is 2. The van der Waals surface area contributed by atoms with Crippen molar-refractivity contribution >= 4 is 17.5 Å². The van der Waals surface area contributed by atoms with E-state index in [1.807, 2.05) is 25.1 Å². The number of ether oxygens (including phenoxy) is 1. The van der Waals surface area contributed by atoms with Crippen LogP contribution < -0.4 is 20.5 Å². The molecule has 1 aromatic heterocycles. The molecule has 0 radical (unpaired) electrons. The molecular formula is C17H20N4O3. The molecule has 2 amide bonds. The molecule has 24 heavy (non-hydrogen) atoms. The van der Waals surface area contributed by atoms with Crippen molar-refractivity contribution in [1.29, 1.82) is 0 Å². The van der Waals surface area contributed by atoms with Crippen LogP contribution in [0.15, 0.2) is 42.6 Å². The molecule has 1 heterocycles. The van der Waals surface area contributed by atoms with E-state index in [4.69, 9.17) is 4.74 Å². The molecule has 0 unspecified atom stereocenters. The molecule has 2 rings (SSSR count). The summed E-state index contributed by atoms with van der Waals surface area (Å²) in [6.45, 7) is 2.19. The number of anilines is 1. The molecule has 126 valence electrons. The first-order valence-electron chi connectivity index (χ1n) is 7.48. The molecule has 0 atom stereocenters. The predicted octanol–water partition coefficient (Wildman–Crippen LogP) is 1.62. The highest BCUT2D eigenvalue weighted by atomic mass is 16.5. The lowest BCUT2D eigenvalue weighted by molar-refractivity contribution is 0.0844. The Kier molecular flexibility index (Phi) is 5.73. The van der Waals surface area contributed by atoms with Crippen LogP contribution in [0.2, 0.25) is 0 Å². The average molecular weight is 328 g/mol. The van der Waals surface area contributed by atoms with E-state index >= 15 is 0 Å². The number of rotatable bonds is 5. The highest BCUT2D eigenvalue weighted by Crippen LogP contribution is 2.14. The van der Waals surface area contributed by atoms with E-state index in [1.165, 1.54) is 6.20 Å². The van der Waals surface area contributed by atoms with Crippen molar-refractivity contribution in [3.05, 3.63) is 53.7 Å². The zero-order valence-electron chi connectivity index (χ0n) is 13.9. The minimum Gasteiger partial charge on any atom is -0.477 e. The molecule has 0 aliphatic carbocycles. The molecule has 2 N–H and O–H groups in total. The van der Waals surface area contributed by atoms with E-state index in [2.05, 4.69) is 15.8 Å². The highest BCUT2D eigenvalue weighted by molar-refractivity contribution is 6.00. The molecule has 0 spiro atoms. The van der Waals surface area contributed by atoms with Gasteiger partial charge in [-0.2, -0.15) is 0 Å². The summed E-state index contributed by atoms with van der Waals surface area (Å²) >= 11 is 0. The van der Waals surface area contributed by atoms with Gasteiger partial charge in [0, 0.05) is 31.5 Å². The Hall–Kier alpha value is -3.09. The number of hydrogen-bond donors (Lipinski definition) is 2. The van der Waals surface area contributed by atoms with Gasteiger partial charge in [-0.15, -0.1) is 0 Å². The third-order valence-electron chi connectivity index (χ3n) is 3.21. The second kappa shape index (κ2) is 7.96. The zero-order chi connectivity index (χ0) is 17.5. The summed E-state index contributed by atoms with van der Waals surface area (Å²) in [5, 5.41) is 0. The molecule has 0 saturated carbocycles. The Balaban J connectivity index is 2.04. The monoisotopic (exact) mass is 328 g/mol. The van der Waals surface area contributed by atoms with E-state index in [0.29, 0.717) is 12.2 Å². The minimum absolute atomic E-state index is 0.223. The summed E-state index contributed by atoms with van der Waals surface area (Å²) in [4.78, 5) is 30.3. The number of hydrazine groups is 1. The maximum absolute atomic E-state index is 12.2. The molecule has 0 saturated heterocycles. The Bertz CT molecular complexity index is 731. The quantitative estimate of drug-likeness (QED) is 0.815. The Morgan fingerprint density at radius 2 is 1.88 bits per heavy atom. The number of nitrogens with zero attached hydrogens (tertiary/aromatic N) is 2. The third-order valence-corrected chi connectivity index (χ3v) is 3.21. The van der Waals surface area contributed by atoms with Crippen molar-refractivity contribution in [3.8, 4) is 5.88 Å². The lowest BCUT2D eigenvalue weighted by Crippen LogP contribution is -2.41. The fraction of sp³-hybridized carbons (Fsp3) is 0.235. The highest BCUT2D eigenvalue weighted by Gasteiger charge is 2.14. The van der Waals surface area contributed by atoms with Crippen molar-refractivity contribution in [2.75, 3.05) is 25.6 Å². The van der Waals surface area contributed by atoms with Crippen LogP contribution in [0.25, 0.3) is 0 Å². The molecule has 0 aliphatic heterocycles. The van der Waals surface area contributed by atoms with Crippen LogP contribution in [0.5, 0.6) is 5.88 Å². The van der Waals surface area contributed by atoms with E-state index in [0.717, 1.165) is 5.69 Å². The van der Waals surface area contributed by atoms with Gasteiger partial charge in [0.2, 0.25) is 5.88 Å².